The van der Waals surface area contributed by atoms with Crippen molar-refractivity contribution in [2.45, 2.75) is 6.54 Å². The fraction of sp³-hybridized carbons (Fsp3) is 0.111. The van der Waals surface area contributed by atoms with Crippen LogP contribution in [0.15, 0.2) is 67.0 Å². The van der Waals surface area contributed by atoms with Crippen molar-refractivity contribution in [3.63, 3.8) is 0 Å². The van der Waals surface area contributed by atoms with Crippen LogP contribution in [0, 0.1) is 0 Å². The van der Waals surface area contributed by atoms with E-state index in [1.807, 2.05) is 53.3 Å². The molecule has 0 aliphatic carbocycles. The van der Waals surface area contributed by atoms with Gasteiger partial charge in [0.25, 0.3) is 0 Å². The molecule has 6 heteroatoms. The molecule has 3 aromatic rings. The largest absolute Gasteiger partial charge is 0.497 e. The van der Waals surface area contributed by atoms with Gasteiger partial charge in [0.1, 0.15) is 5.75 Å². The Kier molecular flexibility index (Phi) is 5.08. The monoisotopic (exact) mass is 338 g/mol. The molecule has 0 aliphatic rings. The number of ether oxygens (including phenoxy) is 1. The van der Waals surface area contributed by atoms with Gasteiger partial charge in [0.05, 0.1) is 12.8 Å². The standard InChI is InChI=1S/C18H18N4OS/c1-23-17-5-2-4-15(12-17)21-18(24)19-13-14-6-8-16(9-7-14)22-11-3-10-20-22/h2-12H,13H2,1H3,(H2,19,21,24). The summed E-state index contributed by atoms with van der Waals surface area (Å²) in [5.41, 5.74) is 3.06. The van der Waals surface area contributed by atoms with Crippen LogP contribution in [0.5, 0.6) is 5.75 Å². The number of rotatable bonds is 5. The van der Waals surface area contributed by atoms with Gasteiger partial charge in [0.2, 0.25) is 0 Å². The maximum Gasteiger partial charge on any atom is 0.171 e. The molecule has 2 N–H and O–H groups in total. The number of anilines is 1. The van der Waals surface area contributed by atoms with Crippen LogP contribution in [-0.2, 0) is 6.54 Å². The van der Waals surface area contributed by atoms with Gasteiger partial charge in [0, 0.05) is 30.7 Å². The van der Waals surface area contributed by atoms with E-state index in [2.05, 4.69) is 27.9 Å². The molecule has 5 nitrogen and oxygen atoms in total. The average Bonchev–Trinajstić information content (AvgIpc) is 3.15. The number of thiocarbonyl (C=S) groups is 1. The maximum absolute atomic E-state index is 5.33. The first-order valence-electron chi connectivity index (χ1n) is 7.52. The molecule has 0 spiro atoms. The lowest BCUT2D eigenvalue weighted by Crippen LogP contribution is -2.27. The molecule has 0 bridgehead atoms. The SMILES string of the molecule is COc1cccc(NC(=S)NCc2ccc(-n3cccn3)cc2)c1. The summed E-state index contributed by atoms with van der Waals surface area (Å²) >= 11 is 5.33. The lowest BCUT2D eigenvalue weighted by Gasteiger charge is -2.11. The maximum atomic E-state index is 5.33. The quantitative estimate of drug-likeness (QED) is 0.699. The third-order valence-electron chi connectivity index (χ3n) is 3.49. The van der Waals surface area contributed by atoms with Crippen LogP contribution in [0.3, 0.4) is 0 Å². The molecule has 24 heavy (non-hydrogen) atoms. The van der Waals surface area contributed by atoms with Crippen LogP contribution in [0.2, 0.25) is 0 Å². The third kappa shape index (κ3) is 4.11. The Balaban J connectivity index is 1.54. The molecule has 1 heterocycles. The fourth-order valence-corrected chi connectivity index (χ4v) is 2.44. The Labute approximate surface area is 146 Å². The van der Waals surface area contributed by atoms with Gasteiger partial charge in [-0.2, -0.15) is 5.10 Å². The number of hydrogen-bond donors (Lipinski definition) is 2. The smallest absolute Gasteiger partial charge is 0.171 e. The first kappa shape index (κ1) is 16.0. The van der Waals surface area contributed by atoms with Gasteiger partial charge in [0.15, 0.2) is 5.11 Å². The normalized spacial score (nSPS) is 10.2. The van der Waals surface area contributed by atoms with Crippen LogP contribution in [0.1, 0.15) is 5.56 Å². The van der Waals surface area contributed by atoms with Crippen molar-refractivity contribution in [3.05, 3.63) is 72.6 Å². The number of nitrogens with zero attached hydrogens (tertiary/aromatic N) is 2. The highest BCUT2D eigenvalue weighted by Gasteiger charge is 2.01. The summed E-state index contributed by atoms with van der Waals surface area (Å²) in [6.07, 6.45) is 3.68. The number of aromatic nitrogens is 2. The Morgan fingerprint density at radius 1 is 1.17 bits per heavy atom. The summed E-state index contributed by atoms with van der Waals surface area (Å²) in [4.78, 5) is 0. The van der Waals surface area contributed by atoms with Gasteiger partial charge in [-0.15, -0.1) is 0 Å². The first-order chi connectivity index (χ1) is 11.7. The molecule has 2 aromatic carbocycles. The number of nitrogens with one attached hydrogen (secondary N) is 2. The number of benzene rings is 2. The van der Waals surface area contributed by atoms with Gasteiger partial charge in [-0.25, -0.2) is 4.68 Å². The highest BCUT2D eigenvalue weighted by Crippen LogP contribution is 2.16. The Morgan fingerprint density at radius 3 is 2.71 bits per heavy atom. The predicted octanol–water partition coefficient (Wildman–Crippen LogP) is 3.37. The summed E-state index contributed by atoms with van der Waals surface area (Å²) in [5.74, 6) is 0.789. The Hall–Kier alpha value is -2.86. The third-order valence-corrected chi connectivity index (χ3v) is 3.73. The van der Waals surface area contributed by atoms with Gasteiger partial charge in [-0.3, -0.25) is 0 Å². The molecule has 0 saturated carbocycles. The first-order valence-corrected chi connectivity index (χ1v) is 7.93. The van der Waals surface area contributed by atoms with Crippen molar-refractivity contribution in [1.82, 2.24) is 15.1 Å². The fourth-order valence-electron chi connectivity index (χ4n) is 2.25. The lowest BCUT2D eigenvalue weighted by molar-refractivity contribution is 0.415. The predicted molar refractivity (Wildman–Crippen MR) is 99.6 cm³/mol. The van der Waals surface area contributed by atoms with E-state index in [-0.39, 0.29) is 0 Å². The van der Waals surface area contributed by atoms with Crippen LogP contribution < -0.4 is 15.4 Å². The van der Waals surface area contributed by atoms with Crippen molar-refractivity contribution in [2.75, 3.05) is 12.4 Å². The van der Waals surface area contributed by atoms with Crippen LogP contribution in [0.4, 0.5) is 5.69 Å². The van der Waals surface area contributed by atoms with Gasteiger partial charge >= 0.3 is 0 Å². The van der Waals surface area contributed by atoms with Gasteiger partial charge < -0.3 is 15.4 Å². The van der Waals surface area contributed by atoms with Crippen molar-refractivity contribution in [1.29, 1.82) is 0 Å². The van der Waals surface area contributed by atoms with E-state index in [0.29, 0.717) is 11.7 Å². The molecule has 122 valence electrons. The molecular formula is C18H18N4OS. The molecule has 0 aliphatic heterocycles. The Morgan fingerprint density at radius 2 is 2.00 bits per heavy atom. The second-order valence-electron chi connectivity index (χ2n) is 5.16. The van der Waals surface area contributed by atoms with E-state index in [1.165, 1.54) is 0 Å². The van der Waals surface area contributed by atoms with E-state index in [0.717, 1.165) is 22.7 Å². The minimum atomic E-state index is 0.569. The molecule has 0 fully saturated rings. The molecule has 0 radical (unpaired) electrons. The van der Waals surface area contributed by atoms with Crippen molar-refractivity contribution >= 4 is 23.0 Å². The van der Waals surface area contributed by atoms with Gasteiger partial charge in [-0.1, -0.05) is 18.2 Å². The van der Waals surface area contributed by atoms with Gasteiger partial charge in [-0.05, 0) is 48.1 Å². The van der Waals surface area contributed by atoms with E-state index in [1.54, 1.807) is 13.3 Å². The molecule has 0 unspecified atom stereocenters. The minimum Gasteiger partial charge on any atom is -0.497 e. The number of hydrogen-bond acceptors (Lipinski definition) is 3. The Bertz CT molecular complexity index is 800. The van der Waals surface area contributed by atoms with E-state index in [4.69, 9.17) is 17.0 Å². The zero-order valence-electron chi connectivity index (χ0n) is 13.3. The topological polar surface area (TPSA) is 51.1 Å². The highest BCUT2D eigenvalue weighted by molar-refractivity contribution is 7.80. The molecule has 3 rings (SSSR count). The van der Waals surface area contributed by atoms with Crippen molar-refractivity contribution in [3.8, 4) is 11.4 Å². The lowest BCUT2D eigenvalue weighted by atomic mass is 10.2. The highest BCUT2D eigenvalue weighted by atomic mass is 32.1. The second-order valence-corrected chi connectivity index (χ2v) is 5.56. The van der Waals surface area contributed by atoms with E-state index in [9.17, 15) is 0 Å². The molecular weight excluding hydrogens is 320 g/mol. The summed E-state index contributed by atoms with van der Waals surface area (Å²) in [6, 6.07) is 17.7. The molecule has 1 aromatic heterocycles. The summed E-state index contributed by atoms with van der Waals surface area (Å²) in [6.45, 7) is 0.648. The van der Waals surface area contributed by atoms with Crippen molar-refractivity contribution < 1.29 is 4.74 Å². The summed E-state index contributed by atoms with van der Waals surface area (Å²) in [5, 5.41) is 11.1. The van der Waals surface area contributed by atoms with Crippen LogP contribution >= 0.6 is 12.2 Å². The molecule has 0 saturated heterocycles. The summed E-state index contributed by atoms with van der Waals surface area (Å²) in [7, 11) is 1.64. The van der Waals surface area contributed by atoms with Crippen LogP contribution in [-0.4, -0.2) is 22.0 Å². The van der Waals surface area contributed by atoms with E-state index < -0.39 is 0 Å². The zero-order chi connectivity index (χ0) is 16.8. The molecule has 0 amide bonds. The van der Waals surface area contributed by atoms with E-state index >= 15 is 0 Å². The van der Waals surface area contributed by atoms with Crippen molar-refractivity contribution in [2.24, 2.45) is 0 Å². The minimum absolute atomic E-state index is 0.569. The number of methoxy groups -OCH3 is 1. The van der Waals surface area contributed by atoms with Crippen LogP contribution in [0.25, 0.3) is 5.69 Å². The summed E-state index contributed by atoms with van der Waals surface area (Å²) < 4.78 is 7.02. The molecule has 0 atom stereocenters. The average molecular weight is 338 g/mol. The zero-order valence-corrected chi connectivity index (χ0v) is 14.1. The second kappa shape index (κ2) is 7.61.